The number of benzene rings is 2. The largest absolute Gasteiger partial charge is 0.494 e. The molecule has 2 aromatic carbocycles. The van der Waals surface area contributed by atoms with Crippen LogP contribution < -0.4 is 4.74 Å². The van der Waals surface area contributed by atoms with E-state index in [1.807, 2.05) is 36.5 Å². The molecule has 0 aliphatic rings. The van der Waals surface area contributed by atoms with Gasteiger partial charge in [0, 0.05) is 17.3 Å². The maximum Gasteiger partial charge on any atom is 0.373 e. The Bertz CT molecular complexity index is 837. The van der Waals surface area contributed by atoms with Crippen molar-refractivity contribution in [3.05, 3.63) is 72.9 Å². The van der Waals surface area contributed by atoms with Crippen molar-refractivity contribution in [1.82, 2.24) is 4.98 Å². The Morgan fingerprint density at radius 1 is 0.786 bits per heavy atom. The summed E-state index contributed by atoms with van der Waals surface area (Å²) in [6, 6.07) is 22.7. The lowest BCUT2D eigenvalue weighted by Gasteiger charge is -2.08. The summed E-state index contributed by atoms with van der Waals surface area (Å²) in [7, 11) is 0. The van der Waals surface area contributed by atoms with E-state index in [1.54, 1.807) is 0 Å². The van der Waals surface area contributed by atoms with Gasteiger partial charge in [0.2, 0.25) is 0 Å². The number of unbranched alkanes of at least 4 members (excludes halogenated alkanes) is 3. The number of pyridine rings is 1. The number of nitrogens with zero attached hydrogens (tertiary/aromatic N) is 1. The Kier molecular flexibility index (Phi) is 9.19. The van der Waals surface area contributed by atoms with Crippen LogP contribution in [0.1, 0.15) is 32.6 Å². The highest BCUT2D eigenvalue weighted by Crippen LogP contribution is 2.24. The monoisotopic (exact) mass is 375 g/mol. The predicted molar refractivity (Wildman–Crippen MR) is 110 cm³/mol. The van der Waals surface area contributed by atoms with Crippen LogP contribution in [0.15, 0.2) is 72.9 Å². The van der Waals surface area contributed by atoms with Crippen LogP contribution in [-0.2, 0) is 9.59 Å². The van der Waals surface area contributed by atoms with Crippen LogP contribution in [0.3, 0.4) is 0 Å². The average Bonchev–Trinajstić information content (AvgIpc) is 2.75. The third-order valence-electron chi connectivity index (χ3n) is 4.29. The van der Waals surface area contributed by atoms with Crippen molar-refractivity contribution < 1.29 is 14.3 Å². The van der Waals surface area contributed by atoms with Crippen LogP contribution in [-0.4, -0.2) is 17.7 Å². The molecular formula is C24H25NO3. The van der Waals surface area contributed by atoms with Crippen LogP contribution in [0, 0.1) is 0 Å². The Labute approximate surface area is 166 Å². The summed E-state index contributed by atoms with van der Waals surface area (Å²) < 4.78 is 5.80. The van der Waals surface area contributed by atoms with Gasteiger partial charge in [0.25, 0.3) is 0 Å². The van der Waals surface area contributed by atoms with Gasteiger partial charge in [-0.2, -0.15) is 9.59 Å². The third kappa shape index (κ3) is 6.82. The zero-order chi connectivity index (χ0) is 20.0. The van der Waals surface area contributed by atoms with E-state index < -0.39 is 0 Å². The third-order valence-corrected chi connectivity index (χ3v) is 4.29. The highest BCUT2D eigenvalue weighted by molar-refractivity contribution is 5.67. The van der Waals surface area contributed by atoms with E-state index in [1.165, 1.54) is 19.3 Å². The summed E-state index contributed by atoms with van der Waals surface area (Å²) in [4.78, 5) is 20.8. The predicted octanol–water partition coefficient (Wildman–Crippen LogP) is 5.79. The number of carbonyl (C=O) groups excluding carboxylic acids is 2. The van der Waals surface area contributed by atoms with Crippen molar-refractivity contribution in [3.8, 4) is 28.1 Å². The fourth-order valence-corrected chi connectivity index (χ4v) is 2.81. The normalized spacial score (nSPS) is 9.75. The zero-order valence-corrected chi connectivity index (χ0v) is 16.1. The summed E-state index contributed by atoms with van der Waals surface area (Å²) >= 11 is 0. The van der Waals surface area contributed by atoms with Crippen LogP contribution in [0.2, 0.25) is 0 Å². The van der Waals surface area contributed by atoms with E-state index in [0.717, 1.165) is 41.2 Å². The molecule has 0 N–H and O–H groups in total. The lowest BCUT2D eigenvalue weighted by Crippen LogP contribution is -1.97. The van der Waals surface area contributed by atoms with Gasteiger partial charge in [0.15, 0.2) is 0 Å². The molecule has 3 rings (SSSR count). The molecule has 0 unspecified atom stereocenters. The molecule has 0 atom stereocenters. The fraction of sp³-hybridized carbons (Fsp3) is 0.250. The first-order valence-electron chi connectivity index (χ1n) is 9.52. The number of ether oxygens (including phenoxy) is 1. The summed E-state index contributed by atoms with van der Waals surface area (Å²) in [5.41, 5.74) is 4.41. The molecule has 0 aliphatic carbocycles. The van der Waals surface area contributed by atoms with Gasteiger partial charge in [-0.05, 0) is 30.2 Å². The lowest BCUT2D eigenvalue weighted by atomic mass is 10.1. The van der Waals surface area contributed by atoms with E-state index >= 15 is 0 Å². The van der Waals surface area contributed by atoms with Gasteiger partial charge in [-0.3, -0.25) is 4.98 Å². The Balaban J connectivity index is 0.000000878. The van der Waals surface area contributed by atoms with E-state index in [9.17, 15) is 0 Å². The summed E-state index contributed by atoms with van der Waals surface area (Å²) in [6.45, 7) is 3.02. The lowest BCUT2D eigenvalue weighted by molar-refractivity contribution is -0.191. The Morgan fingerprint density at radius 2 is 1.46 bits per heavy atom. The smallest absolute Gasteiger partial charge is 0.373 e. The van der Waals surface area contributed by atoms with Crippen molar-refractivity contribution in [1.29, 1.82) is 0 Å². The molecule has 0 bridgehead atoms. The molecule has 3 aromatic rings. The molecule has 144 valence electrons. The topological polar surface area (TPSA) is 56.3 Å². The average molecular weight is 375 g/mol. The van der Waals surface area contributed by atoms with Gasteiger partial charge in [0.05, 0.1) is 12.3 Å². The van der Waals surface area contributed by atoms with Crippen LogP contribution >= 0.6 is 0 Å². The molecule has 4 nitrogen and oxygen atoms in total. The molecule has 0 aliphatic heterocycles. The number of aromatic nitrogens is 1. The standard InChI is InChI=1S/C23H25NO.CO2/c1-2-3-4-8-17-25-22-14-11-19(12-15-22)21-13-16-23(24-18-21)20-9-6-5-7-10-20;2-1-3/h5-7,9-16,18H,2-4,8,17H2,1H3;. The van der Waals surface area contributed by atoms with E-state index in [2.05, 4.69) is 48.3 Å². The van der Waals surface area contributed by atoms with E-state index in [-0.39, 0.29) is 6.15 Å². The van der Waals surface area contributed by atoms with Gasteiger partial charge in [0.1, 0.15) is 5.75 Å². The highest BCUT2D eigenvalue weighted by Gasteiger charge is 2.02. The van der Waals surface area contributed by atoms with Gasteiger partial charge in [-0.25, -0.2) is 0 Å². The molecule has 0 fully saturated rings. The molecule has 0 saturated heterocycles. The molecular weight excluding hydrogens is 350 g/mol. The molecule has 0 amide bonds. The maximum absolute atomic E-state index is 8.12. The Hall–Kier alpha value is -3.23. The SMILES string of the molecule is CCCCCCOc1ccc(-c2ccc(-c3ccccc3)nc2)cc1.O=C=O. The van der Waals surface area contributed by atoms with Crippen LogP contribution in [0.4, 0.5) is 0 Å². The molecule has 0 spiro atoms. The van der Waals surface area contributed by atoms with Gasteiger partial charge < -0.3 is 4.74 Å². The van der Waals surface area contributed by atoms with Crippen LogP contribution in [0.5, 0.6) is 5.75 Å². The zero-order valence-electron chi connectivity index (χ0n) is 16.1. The first-order chi connectivity index (χ1) is 13.8. The first kappa shape index (κ1) is 21.1. The van der Waals surface area contributed by atoms with Crippen molar-refractivity contribution in [2.75, 3.05) is 6.61 Å². The Morgan fingerprint density at radius 3 is 2.07 bits per heavy atom. The van der Waals surface area contributed by atoms with E-state index in [4.69, 9.17) is 14.3 Å². The van der Waals surface area contributed by atoms with Crippen molar-refractivity contribution in [2.45, 2.75) is 32.6 Å². The first-order valence-corrected chi connectivity index (χ1v) is 9.52. The van der Waals surface area contributed by atoms with Crippen LogP contribution in [0.25, 0.3) is 22.4 Å². The van der Waals surface area contributed by atoms with Gasteiger partial charge in [-0.15, -0.1) is 0 Å². The minimum atomic E-state index is 0.250. The van der Waals surface area contributed by atoms with E-state index in [0.29, 0.717) is 0 Å². The van der Waals surface area contributed by atoms with Crippen molar-refractivity contribution in [2.24, 2.45) is 0 Å². The second-order valence-electron chi connectivity index (χ2n) is 6.31. The van der Waals surface area contributed by atoms with Crippen molar-refractivity contribution in [3.63, 3.8) is 0 Å². The molecule has 0 saturated carbocycles. The maximum atomic E-state index is 8.12. The highest BCUT2D eigenvalue weighted by atomic mass is 16.5. The minimum Gasteiger partial charge on any atom is -0.494 e. The second kappa shape index (κ2) is 12.2. The number of hydrogen-bond acceptors (Lipinski definition) is 4. The van der Waals surface area contributed by atoms with Gasteiger partial charge in [-0.1, -0.05) is 74.7 Å². The molecule has 4 heteroatoms. The molecule has 28 heavy (non-hydrogen) atoms. The van der Waals surface area contributed by atoms with Crippen molar-refractivity contribution >= 4 is 6.15 Å². The second-order valence-corrected chi connectivity index (χ2v) is 6.31. The quantitative estimate of drug-likeness (QED) is 0.468. The number of hydrogen-bond donors (Lipinski definition) is 0. The minimum absolute atomic E-state index is 0.250. The number of rotatable bonds is 8. The molecule has 0 radical (unpaired) electrons. The fourth-order valence-electron chi connectivity index (χ4n) is 2.81. The van der Waals surface area contributed by atoms with Gasteiger partial charge >= 0.3 is 6.15 Å². The summed E-state index contributed by atoms with van der Waals surface area (Å²) in [5.74, 6) is 0.939. The summed E-state index contributed by atoms with van der Waals surface area (Å²) in [6.07, 6.45) is 7.09. The molecule has 1 aromatic heterocycles. The molecule has 1 heterocycles. The summed E-state index contributed by atoms with van der Waals surface area (Å²) in [5, 5.41) is 0.